The number of benzene rings is 2. The van der Waals surface area contributed by atoms with Crippen molar-refractivity contribution in [1.29, 1.82) is 0 Å². The molecule has 0 spiro atoms. The molecule has 2 N–H and O–H groups in total. The van der Waals surface area contributed by atoms with Crippen molar-refractivity contribution in [2.45, 2.75) is 0 Å². The summed E-state index contributed by atoms with van der Waals surface area (Å²) in [6.45, 7) is 8.44. The predicted molar refractivity (Wildman–Crippen MR) is 136 cm³/mol. The van der Waals surface area contributed by atoms with Crippen LogP contribution >= 0.6 is 11.6 Å². The number of likely N-dealkylation sites (N-methyl/N-ethyl adjacent to an activating group) is 2. The Labute approximate surface area is 195 Å². The molecule has 0 bridgehead atoms. The van der Waals surface area contributed by atoms with E-state index in [-0.39, 0.29) is 0 Å². The lowest BCUT2D eigenvalue weighted by Crippen LogP contribution is -2.45. The van der Waals surface area contributed by atoms with E-state index in [1.807, 2.05) is 24.3 Å². The number of pyridine rings is 1. The molecule has 168 valence electrons. The molecule has 2 aromatic carbocycles. The van der Waals surface area contributed by atoms with E-state index in [2.05, 4.69) is 51.9 Å². The maximum absolute atomic E-state index is 6.42. The Hall–Kier alpha value is -2.54. The number of rotatable bonds is 3. The highest BCUT2D eigenvalue weighted by Crippen LogP contribution is 2.34. The number of hydrogen-bond acceptors (Lipinski definition) is 6. The van der Waals surface area contributed by atoms with Gasteiger partial charge in [0.05, 0.1) is 11.2 Å². The minimum absolute atomic E-state index is 0.672. The molecule has 3 heterocycles. The smallest absolute Gasteiger partial charge is 0.0745 e. The van der Waals surface area contributed by atoms with E-state index >= 15 is 0 Å². The summed E-state index contributed by atoms with van der Waals surface area (Å²) in [6, 6.07) is 14.6. The zero-order valence-electron chi connectivity index (χ0n) is 18.9. The van der Waals surface area contributed by atoms with Crippen LogP contribution in [-0.2, 0) is 0 Å². The van der Waals surface area contributed by atoms with Gasteiger partial charge < -0.3 is 25.3 Å². The van der Waals surface area contributed by atoms with Crippen LogP contribution in [0.5, 0.6) is 0 Å². The third kappa shape index (κ3) is 4.35. The van der Waals surface area contributed by atoms with E-state index < -0.39 is 0 Å². The van der Waals surface area contributed by atoms with Crippen LogP contribution in [0, 0.1) is 0 Å². The number of nitrogens with zero attached hydrogens (tertiary/aromatic N) is 5. The fraction of sp³-hybridized carbons (Fsp3) is 0.400. The zero-order chi connectivity index (χ0) is 22.2. The Balaban J connectivity index is 1.58. The average molecular weight is 451 g/mol. The maximum Gasteiger partial charge on any atom is 0.0745 e. The summed E-state index contributed by atoms with van der Waals surface area (Å²) in [5, 5.41) is 1.61. The number of fused-ring (bicyclic) bond motifs is 1. The Morgan fingerprint density at radius 2 is 1.31 bits per heavy atom. The number of nitrogen functional groups attached to an aromatic ring is 1. The van der Waals surface area contributed by atoms with Gasteiger partial charge >= 0.3 is 0 Å². The molecule has 1 aromatic heterocycles. The molecule has 2 aliphatic heterocycles. The van der Waals surface area contributed by atoms with Crippen molar-refractivity contribution in [1.82, 2.24) is 14.8 Å². The molecule has 32 heavy (non-hydrogen) atoms. The van der Waals surface area contributed by atoms with Gasteiger partial charge in [0, 0.05) is 85.4 Å². The monoisotopic (exact) mass is 450 g/mol. The molecule has 2 saturated heterocycles. The van der Waals surface area contributed by atoms with Crippen molar-refractivity contribution in [3.05, 3.63) is 47.5 Å². The lowest BCUT2D eigenvalue weighted by atomic mass is 10.0. The predicted octanol–water partition coefficient (Wildman–Crippen LogP) is 3.64. The third-order valence-corrected chi connectivity index (χ3v) is 6.97. The second-order valence-corrected chi connectivity index (χ2v) is 9.51. The van der Waals surface area contributed by atoms with Crippen LogP contribution in [0.1, 0.15) is 0 Å². The standard InChI is InChI=1S/C25H31ClN6/c1-29-5-9-31(10-6-29)20-13-18(14-21(16-20)32-11-7-30(2)8-12-32)24-17-23(27)22-4-3-19(26)15-25(22)28-24/h3-4,13-17H,5-12H2,1-2H3,(H2,27,28). The molecule has 0 aliphatic carbocycles. The van der Waals surface area contributed by atoms with E-state index in [0.717, 1.165) is 80.2 Å². The fourth-order valence-corrected chi connectivity index (χ4v) is 4.78. The van der Waals surface area contributed by atoms with Gasteiger partial charge in [-0.1, -0.05) is 11.6 Å². The van der Waals surface area contributed by atoms with Crippen LogP contribution < -0.4 is 15.5 Å². The molecule has 2 fully saturated rings. The van der Waals surface area contributed by atoms with E-state index in [1.165, 1.54) is 11.4 Å². The van der Waals surface area contributed by atoms with Crippen molar-refractivity contribution < 1.29 is 0 Å². The molecule has 6 nitrogen and oxygen atoms in total. The average Bonchev–Trinajstić information content (AvgIpc) is 2.79. The highest BCUT2D eigenvalue weighted by molar-refractivity contribution is 6.31. The van der Waals surface area contributed by atoms with Gasteiger partial charge in [-0.25, -0.2) is 4.98 Å². The van der Waals surface area contributed by atoms with E-state index in [0.29, 0.717) is 5.02 Å². The molecule has 0 unspecified atom stereocenters. The van der Waals surface area contributed by atoms with Crippen LogP contribution in [0.25, 0.3) is 22.2 Å². The molecule has 3 aromatic rings. The second-order valence-electron chi connectivity index (χ2n) is 9.08. The van der Waals surface area contributed by atoms with Crippen molar-refractivity contribution in [3.63, 3.8) is 0 Å². The molecule has 5 rings (SSSR count). The molecule has 2 aliphatic rings. The Morgan fingerprint density at radius 1 is 0.750 bits per heavy atom. The lowest BCUT2D eigenvalue weighted by Gasteiger charge is -2.37. The summed E-state index contributed by atoms with van der Waals surface area (Å²) in [7, 11) is 4.38. The zero-order valence-corrected chi connectivity index (χ0v) is 19.6. The molecule has 0 saturated carbocycles. The summed E-state index contributed by atoms with van der Waals surface area (Å²) in [5.41, 5.74) is 12.5. The first-order chi connectivity index (χ1) is 15.5. The summed E-state index contributed by atoms with van der Waals surface area (Å²) < 4.78 is 0. The topological polar surface area (TPSA) is 51.9 Å². The van der Waals surface area contributed by atoms with Crippen LogP contribution in [0.3, 0.4) is 0 Å². The highest BCUT2D eigenvalue weighted by Gasteiger charge is 2.20. The first kappa shape index (κ1) is 21.3. The van der Waals surface area contributed by atoms with Crippen LogP contribution in [0.2, 0.25) is 5.02 Å². The molecule has 7 heteroatoms. The summed E-state index contributed by atoms with van der Waals surface area (Å²) >= 11 is 6.24. The minimum atomic E-state index is 0.672. The van der Waals surface area contributed by atoms with Gasteiger partial charge in [-0.3, -0.25) is 0 Å². The Kier molecular flexibility index (Phi) is 5.84. The van der Waals surface area contributed by atoms with Gasteiger partial charge in [0.15, 0.2) is 0 Å². The second kappa shape index (κ2) is 8.77. The fourth-order valence-electron chi connectivity index (χ4n) is 4.61. The number of aromatic nitrogens is 1. The van der Waals surface area contributed by atoms with Gasteiger partial charge in [0.1, 0.15) is 0 Å². The number of piperazine rings is 2. The van der Waals surface area contributed by atoms with Crippen molar-refractivity contribution in [2.24, 2.45) is 0 Å². The summed E-state index contributed by atoms with van der Waals surface area (Å²) in [5.74, 6) is 0. The Bertz CT molecular complexity index is 1080. The van der Waals surface area contributed by atoms with E-state index in [4.69, 9.17) is 22.3 Å². The molecule has 0 atom stereocenters. The molecular formula is C25H31ClN6. The Morgan fingerprint density at radius 3 is 1.88 bits per heavy atom. The first-order valence-corrected chi connectivity index (χ1v) is 11.7. The SMILES string of the molecule is CN1CCN(c2cc(-c3cc(N)c4ccc(Cl)cc4n3)cc(N3CCN(C)CC3)c2)CC1. The largest absolute Gasteiger partial charge is 0.398 e. The normalized spacial score (nSPS) is 18.5. The van der Waals surface area contributed by atoms with Gasteiger partial charge in [0.25, 0.3) is 0 Å². The van der Waals surface area contributed by atoms with Gasteiger partial charge in [-0.2, -0.15) is 0 Å². The van der Waals surface area contributed by atoms with Crippen molar-refractivity contribution >= 4 is 39.6 Å². The number of halogens is 1. The third-order valence-electron chi connectivity index (χ3n) is 6.74. The molecular weight excluding hydrogens is 420 g/mol. The summed E-state index contributed by atoms with van der Waals surface area (Å²) in [6.07, 6.45) is 0. The quantitative estimate of drug-likeness (QED) is 0.657. The van der Waals surface area contributed by atoms with E-state index in [9.17, 15) is 0 Å². The first-order valence-electron chi connectivity index (χ1n) is 11.3. The summed E-state index contributed by atoms with van der Waals surface area (Å²) in [4.78, 5) is 14.7. The number of anilines is 3. The van der Waals surface area contributed by atoms with Gasteiger partial charge in [-0.15, -0.1) is 0 Å². The van der Waals surface area contributed by atoms with Crippen molar-refractivity contribution in [2.75, 3.05) is 82.0 Å². The van der Waals surface area contributed by atoms with E-state index in [1.54, 1.807) is 0 Å². The van der Waals surface area contributed by atoms with Crippen LogP contribution in [-0.4, -0.2) is 81.2 Å². The van der Waals surface area contributed by atoms with Crippen LogP contribution in [0.4, 0.5) is 17.1 Å². The number of hydrogen-bond donors (Lipinski definition) is 1. The lowest BCUT2D eigenvalue weighted by molar-refractivity contribution is 0.312. The molecule has 0 radical (unpaired) electrons. The van der Waals surface area contributed by atoms with Gasteiger partial charge in [-0.05, 0) is 56.6 Å². The van der Waals surface area contributed by atoms with Crippen molar-refractivity contribution in [3.8, 4) is 11.3 Å². The van der Waals surface area contributed by atoms with Gasteiger partial charge in [0.2, 0.25) is 0 Å². The number of nitrogens with two attached hydrogens (primary N) is 1. The minimum Gasteiger partial charge on any atom is -0.398 e. The van der Waals surface area contributed by atoms with Crippen LogP contribution in [0.15, 0.2) is 42.5 Å². The molecule has 0 amide bonds. The highest BCUT2D eigenvalue weighted by atomic mass is 35.5. The maximum atomic E-state index is 6.42.